The van der Waals surface area contributed by atoms with Crippen molar-refractivity contribution in [2.45, 2.75) is 51.5 Å². The van der Waals surface area contributed by atoms with E-state index in [4.69, 9.17) is 4.42 Å². The lowest BCUT2D eigenvalue weighted by Crippen LogP contribution is -2.39. The number of likely N-dealkylation sites (tertiary alicyclic amines) is 2. The maximum Gasteiger partial charge on any atom is 0.267 e. The van der Waals surface area contributed by atoms with Crippen LogP contribution in [0.4, 0.5) is 0 Å². The number of nitrogens with one attached hydrogen (secondary N) is 2. The summed E-state index contributed by atoms with van der Waals surface area (Å²) < 4.78 is 6.11. The summed E-state index contributed by atoms with van der Waals surface area (Å²) in [5.74, 6) is 2.56. The molecule has 2 aromatic heterocycles. The number of hydrogen-bond acceptors (Lipinski definition) is 4. The molecule has 1 saturated carbocycles. The minimum Gasteiger partial charge on any atom is -0.460 e. The summed E-state index contributed by atoms with van der Waals surface area (Å²) in [6.45, 7) is 11.4. The molecule has 0 bridgehead atoms. The van der Waals surface area contributed by atoms with Gasteiger partial charge in [-0.05, 0) is 62.0 Å². The molecule has 176 valence electrons. The van der Waals surface area contributed by atoms with Crippen LogP contribution in [0.2, 0.25) is 0 Å². The molecule has 3 aromatic rings. The van der Waals surface area contributed by atoms with Crippen LogP contribution in [0.3, 0.4) is 0 Å². The maximum absolute atomic E-state index is 13.0. The molecule has 1 amide bonds. The molecule has 0 radical (unpaired) electrons. The number of aromatic nitrogens is 1. The number of fused-ring (bicyclic) bond motifs is 4. The van der Waals surface area contributed by atoms with Gasteiger partial charge in [-0.1, -0.05) is 26.7 Å². The molecule has 6 nitrogen and oxygen atoms in total. The Balaban J connectivity index is 1.05. The van der Waals surface area contributed by atoms with Crippen molar-refractivity contribution in [3.8, 4) is 0 Å². The van der Waals surface area contributed by atoms with Gasteiger partial charge in [0.2, 0.25) is 0 Å². The summed E-state index contributed by atoms with van der Waals surface area (Å²) in [4.78, 5) is 21.6. The highest BCUT2D eigenvalue weighted by atomic mass is 16.3. The normalized spacial score (nSPS) is 26.2. The van der Waals surface area contributed by atoms with Crippen molar-refractivity contribution in [2.75, 3.05) is 39.3 Å². The van der Waals surface area contributed by atoms with Crippen LogP contribution in [0.1, 0.15) is 61.7 Å². The highest BCUT2D eigenvalue weighted by Crippen LogP contribution is 2.45. The second-order valence-corrected chi connectivity index (χ2v) is 10.8. The molecule has 2 unspecified atom stereocenters. The smallest absolute Gasteiger partial charge is 0.267 e. The van der Waals surface area contributed by atoms with Gasteiger partial charge in [0, 0.05) is 54.4 Å². The molecule has 3 aliphatic rings. The number of nitrogens with zero attached hydrogens (tertiary/aromatic N) is 2. The fraction of sp³-hybridized carbons (Fsp3) is 0.593. The number of piperidine rings is 1. The Labute approximate surface area is 195 Å². The van der Waals surface area contributed by atoms with Gasteiger partial charge in [-0.15, -0.1) is 0 Å². The van der Waals surface area contributed by atoms with E-state index in [1.807, 2.05) is 12.1 Å². The Kier molecular flexibility index (Phi) is 5.46. The first-order valence-electron chi connectivity index (χ1n) is 12.9. The number of aromatic amines is 1. The standard InChI is InChI=1S/C27H36N4O2/c1-17(2)24-13-18-7-8-22-19(26(18)33-24)14-23(28-22)27(32)29-25-20-15-31(16-21(20)25)12-11-30-9-5-3-4-6-10-30/h7-8,13-14,17,20-21,25,28H,3-6,9-12,15-16H2,1-2H3,(H,29,32)/t20-,21?,25?/m1/s1. The van der Waals surface area contributed by atoms with Crippen molar-refractivity contribution in [1.29, 1.82) is 0 Å². The summed E-state index contributed by atoms with van der Waals surface area (Å²) in [6, 6.07) is 8.50. The van der Waals surface area contributed by atoms with Crippen molar-refractivity contribution in [1.82, 2.24) is 20.1 Å². The van der Waals surface area contributed by atoms with Gasteiger partial charge in [0.25, 0.3) is 5.91 Å². The predicted molar refractivity (Wildman–Crippen MR) is 132 cm³/mol. The number of H-pyrrole nitrogens is 1. The molecule has 6 heteroatoms. The zero-order valence-electron chi connectivity index (χ0n) is 19.9. The summed E-state index contributed by atoms with van der Waals surface area (Å²) in [5.41, 5.74) is 2.45. The van der Waals surface area contributed by atoms with E-state index in [1.54, 1.807) is 0 Å². The Hall–Kier alpha value is -2.31. The maximum atomic E-state index is 13.0. The highest BCUT2D eigenvalue weighted by molar-refractivity contribution is 6.07. The average Bonchev–Trinajstić information content (AvgIpc) is 3.17. The van der Waals surface area contributed by atoms with Gasteiger partial charge in [0.05, 0.1) is 0 Å². The fourth-order valence-corrected chi connectivity index (χ4v) is 6.01. The SMILES string of the molecule is CC(C)c1cc2ccc3[nH]c(C(=O)NC4C5CN(CCN6CCCCCC6)C[C@H]54)cc3c2o1. The molecule has 6 rings (SSSR count). The van der Waals surface area contributed by atoms with Crippen LogP contribution in [0, 0.1) is 11.8 Å². The molecular weight excluding hydrogens is 412 g/mol. The second-order valence-electron chi connectivity index (χ2n) is 10.8. The van der Waals surface area contributed by atoms with Gasteiger partial charge in [0.15, 0.2) is 0 Å². The minimum atomic E-state index is 0.00510. The lowest BCUT2D eigenvalue weighted by molar-refractivity contribution is 0.0938. The van der Waals surface area contributed by atoms with Crippen molar-refractivity contribution in [2.24, 2.45) is 11.8 Å². The van der Waals surface area contributed by atoms with Crippen LogP contribution in [-0.2, 0) is 0 Å². The van der Waals surface area contributed by atoms with E-state index in [0.717, 1.165) is 40.7 Å². The van der Waals surface area contributed by atoms with E-state index in [2.05, 4.69) is 46.1 Å². The minimum absolute atomic E-state index is 0.00510. The topological polar surface area (TPSA) is 64.5 Å². The lowest BCUT2D eigenvalue weighted by atomic mass is 10.1. The lowest BCUT2D eigenvalue weighted by Gasteiger charge is -2.25. The van der Waals surface area contributed by atoms with Gasteiger partial charge >= 0.3 is 0 Å². The first-order valence-corrected chi connectivity index (χ1v) is 12.9. The van der Waals surface area contributed by atoms with E-state index in [0.29, 0.717) is 29.5 Å². The van der Waals surface area contributed by atoms with E-state index in [9.17, 15) is 4.79 Å². The molecular formula is C27H36N4O2. The molecule has 2 saturated heterocycles. The molecule has 0 spiro atoms. The monoisotopic (exact) mass is 448 g/mol. The molecule has 3 fully saturated rings. The summed E-state index contributed by atoms with van der Waals surface area (Å²) in [5, 5.41) is 5.38. The first kappa shape index (κ1) is 21.2. The Bertz CT molecular complexity index is 1140. The highest BCUT2D eigenvalue weighted by Gasteiger charge is 2.56. The molecule has 1 aliphatic carbocycles. The third kappa shape index (κ3) is 4.08. The summed E-state index contributed by atoms with van der Waals surface area (Å²) >= 11 is 0. The molecule has 3 atom stereocenters. The number of rotatable bonds is 6. The summed E-state index contributed by atoms with van der Waals surface area (Å²) in [6.07, 6.45) is 5.51. The molecule has 2 aliphatic heterocycles. The van der Waals surface area contributed by atoms with E-state index >= 15 is 0 Å². The molecule has 1 aromatic carbocycles. The number of carbonyl (C=O) groups excluding carboxylic acids is 1. The Morgan fingerprint density at radius 1 is 1.06 bits per heavy atom. The van der Waals surface area contributed by atoms with Crippen molar-refractivity contribution in [3.05, 3.63) is 35.7 Å². The number of amides is 1. The van der Waals surface area contributed by atoms with Crippen molar-refractivity contribution in [3.63, 3.8) is 0 Å². The van der Waals surface area contributed by atoms with Crippen molar-refractivity contribution >= 4 is 27.8 Å². The zero-order valence-corrected chi connectivity index (χ0v) is 19.9. The number of furan rings is 1. The number of carbonyl (C=O) groups is 1. The molecule has 4 heterocycles. The van der Waals surface area contributed by atoms with Gasteiger partial charge in [-0.3, -0.25) is 4.79 Å². The Morgan fingerprint density at radius 2 is 1.79 bits per heavy atom. The van der Waals surface area contributed by atoms with Crippen LogP contribution in [0.15, 0.2) is 28.7 Å². The third-order valence-corrected chi connectivity index (χ3v) is 8.11. The molecule has 33 heavy (non-hydrogen) atoms. The largest absolute Gasteiger partial charge is 0.460 e. The van der Waals surface area contributed by atoms with E-state index in [-0.39, 0.29) is 5.91 Å². The zero-order chi connectivity index (χ0) is 22.5. The van der Waals surface area contributed by atoms with Crippen molar-refractivity contribution < 1.29 is 9.21 Å². The van der Waals surface area contributed by atoms with Gasteiger partial charge in [-0.25, -0.2) is 0 Å². The Morgan fingerprint density at radius 3 is 2.52 bits per heavy atom. The first-order chi connectivity index (χ1) is 16.1. The average molecular weight is 449 g/mol. The van der Waals surface area contributed by atoms with Gasteiger partial charge in [-0.2, -0.15) is 0 Å². The summed E-state index contributed by atoms with van der Waals surface area (Å²) in [7, 11) is 0. The number of hydrogen-bond donors (Lipinski definition) is 2. The van der Waals surface area contributed by atoms with Crippen LogP contribution in [0.25, 0.3) is 21.9 Å². The quantitative estimate of drug-likeness (QED) is 0.580. The van der Waals surface area contributed by atoms with Crippen LogP contribution < -0.4 is 5.32 Å². The van der Waals surface area contributed by atoms with E-state index < -0.39 is 0 Å². The predicted octanol–water partition coefficient (Wildman–Crippen LogP) is 4.57. The second kappa shape index (κ2) is 8.48. The van der Waals surface area contributed by atoms with Gasteiger partial charge < -0.3 is 24.5 Å². The third-order valence-electron chi connectivity index (χ3n) is 8.11. The van der Waals surface area contributed by atoms with Crippen LogP contribution in [0.5, 0.6) is 0 Å². The van der Waals surface area contributed by atoms with Crippen LogP contribution in [-0.4, -0.2) is 66.0 Å². The molecule has 2 N–H and O–H groups in total. The fourth-order valence-electron chi connectivity index (χ4n) is 6.01. The van der Waals surface area contributed by atoms with Gasteiger partial charge in [0.1, 0.15) is 17.0 Å². The van der Waals surface area contributed by atoms with E-state index in [1.165, 1.54) is 51.9 Å². The number of benzene rings is 1. The van der Waals surface area contributed by atoms with Crippen LogP contribution >= 0.6 is 0 Å².